The summed E-state index contributed by atoms with van der Waals surface area (Å²) in [4.78, 5) is 27.3. The zero-order valence-electron chi connectivity index (χ0n) is 28.6. The first-order valence-corrected chi connectivity index (χ1v) is 16.4. The van der Waals surface area contributed by atoms with E-state index in [9.17, 15) is 62.3 Å². The van der Waals surface area contributed by atoms with Crippen molar-refractivity contribution in [3.63, 3.8) is 0 Å². The Balaban J connectivity index is 0.000000387. The fourth-order valence-electron chi connectivity index (χ4n) is 6.02. The lowest BCUT2D eigenvalue weighted by Gasteiger charge is -2.29. The van der Waals surface area contributed by atoms with Gasteiger partial charge in [-0.15, -0.1) is 20.4 Å². The number of halogens is 12. The standard InChI is InChI=1S/2C16H15F6N5O.3CH4/c2*17-10-6-12(19)11(18)4-8(10)3-9(23)5-14(28)26-1-2-27-13(7-26)24-25-15(27)16(20,21)22;;;/h2*4,6,9H,1-3,5,7,23H2;3*1H4/t9-;;;;/m1..../s1. The third-order valence-corrected chi connectivity index (χ3v) is 8.74. The summed E-state index contributed by atoms with van der Waals surface area (Å²) in [5, 5.41) is 13.2. The summed E-state index contributed by atoms with van der Waals surface area (Å²) in [6, 6.07) is 0.368. The molecule has 0 radical (unpaired) electrons. The van der Waals surface area contributed by atoms with Crippen LogP contribution < -0.4 is 11.5 Å². The van der Waals surface area contributed by atoms with E-state index in [4.69, 9.17) is 11.5 Å². The average Bonchev–Trinajstić information content (AvgIpc) is 3.74. The highest BCUT2D eigenvalue weighted by Gasteiger charge is 2.41. The predicted molar refractivity (Wildman–Crippen MR) is 186 cm³/mol. The van der Waals surface area contributed by atoms with Crippen molar-refractivity contribution in [2.75, 3.05) is 13.1 Å². The Bertz CT molecular complexity index is 1940. The van der Waals surface area contributed by atoms with E-state index in [2.05, 4.69) is 20.4 Å². The van der Waals surface area contributed by atoms with E-state index in [0.717, 1.165) is 9.13 Å². The number of fused-ring (bicyclic) bond motifs is 2. The lowest BCUT2D eigenvalue weighted by molar-refractivity contribution is -0.149. The normalized spacial score (nSPS) is 14.7. The maximum atomic E-state index is 13.7. The van der Waals surface area contributed by atoms with Crippen LogP contribution in [0.3, 0.4) is 0 Å². The number of amides is 2. The highest BCUT2D eigenvalue weighted by Crippen LogP contribution is 2.31. The molecule has 0 saturated carbocycles. The van der Waals surface area contributed by atoms with E-state index in [0.29, 0.717) is 24.3 Å². The van der Waals surface area contributed by atoms with Gasteiger partial charge in [-0.1, -0.05) is 22.3 Å². The van der Waals surface area contributed by atoms with Crippen LogP contribution in [0.2, 0.25) is 0 Å². The molecule has 0 saturated heterocycles. The number of nitrogens with zero attached hydrogens (tertiary/aromatic N) is 8. The van der Waals surface area contributed by atoms with Gasteiger partial charge in [0.2, 0.25) is 23.5 Å². The Morgan fingerprint density at radius 1 is 0.542 bits per heavy atom. The van der Waals surface area contributed by atoms with Crippen molar-refractivity contribution in [2.45, 2.75) is 98.6 Å². The zero-order valence-corrected chi connectivity index (χ0v) is 28.6. The molecule has 6 rings (SSSR count). The van der Waals surface area contributed by atoms with Gasteiger partial charge in [-0.25, -0.2) is 26.3 Å². The van der Waals surface area contributed by atoms with Crippen molar-refractivity contribution in [1.82, 2.24) is 39.3 Å². The monoisotopic (exact) mass is 862 g/mol. The maximum absolute atomic E-state index is 13.7. The minimum atomic E-state index is -4.64. The molecule has 1 unspecified atom stereocenters. The Labute approximate surface area is 330 Å². The van der Waals surface area contributed by atoms with Crippen molar-refractivity contribution in [2.24, 2.45) is 11.5 Å². The van der Waals surface area contributed by atoms with E-state index >= 15 is 0 Å². The highest BCUT2D eigenvalue weighted by molar-refractivity contribution is 5.77. The molecule has 4 aromatic rings. The first-order valence-electron chi connectivity index (χ1n) is 16.4. The molecule has 2 atom stereocenters. The molecule has 2 amide bonds. The van der Waals surface area contributed by atoms with Crippen LogP contribution in [0.1, 0.15) is 69.5 Å². The minimum absolute atomic E-state index is 0. The molecule has 2 aliphatic heterocycles. The second kappa shape index (κ2) is 19.7. The van der Waals surface area contributed by atoms with Gasteiger partial charge in [-0.3, -0.25) is 9.59 Å². The molecule has 4 N–H and O–H groups in total. The van der Waals surface area contributed by atoms with E-state index < -0.39 is 82.8 Å². The van der Waals surface area contributed by atoms with Gasteiger partial charge in [0.1, 0.15) is 11.6 Å². The molecule has 0 bridgehead atoms. The van der Waals surface area contributed by atoms with Gasteiger partial charge in [-0.2, -0.15) is 26.3 Å². The number of hydrogen-bond donors (Lipinski definition) is 2. The van der Waals surface area contributed by atoms with E-state index in [1.807, 2.05) is 0 Å². The molecule has 24 heteroatoms. The Morgan fingerprint density at radius 3 is 1.19 bits per heavy atom. The quantitative estimate of drug-likeness (QED) is 0.163. The summed E-state index contributed by atoms with van der Waals surface area (Å²) in [5.41, 5.74) is 11.3. The summed E-state index contributed by atoms with van der Waals surface area (Å²) >= 11 is 0. The maximum Gasteiger partial charge on any atom is 0.451 e. The molecule has 59 heavy (non-hydrogen) atoms. The van der Waals surface area contributed by atoms with Gasteiger partial charge in [-0.05, 0) is 36.1 Å². The van der Waals surface area contributed by atoms with Gasteiger partial charge in [0.05, 0.1) is 13.1 Å². The number of aromatic nitrogens is 6. The molecule has 2 aliphatic rings. The fraction of sp³-hybridized carbons (Fsp3) is 0.486. The van der Waals surface area contributed by atoms with Crippen molar-refractivity contribution >= 4 is 11.8 Å². The number of alkyl halides is 6. The van der Waals surface area contributed by atoms with Crippen LogP contribution in [-0.4, -0.2) is 76.3 Å². The number of nitrogens with two attached hydrogens (primary N) is 2. The van der Waals surface area contributed by atoms with E-state index in [-0.39, 0.29) is 110 Å². The molecule has 328 valence electrons. The Morgan fingerprint density at radius 2 is 0.864 bits per heavy atom. The Hall–Kier alpha value is -5.26. The second-order valence-corrected chi connectivity index (χ2v) is 12.9. The SMILES string of the molecule is C.C.C.NC(CC(=O)N1CCn2c(nnc2C(F)(F)F)C1)Cc1cc(F)c(F)cc1F.N[C@@H](CC(=O)N1CCn2c(nnc2C(F)(F)F)C1)Cc1cc(F)c(F)cc1F. The van der Waals surface area contributed by atoms with Crippen LogP contribution in [-0.2, 0) is 61.0 Å². The molecule has 0 spiro atoms. The summed E-state index contributed by atoms with van der Waals surface area (Å²) in [6.07, 6.45) is -10.2. The molecule has 0 aliphatic carbocycles. The van der Waals surface area contributed by atoms with Crippen molar-refractivity contribution in [3.05, 3.63) is 93.6 Å². The van der Waals surface area contributed by atoms with Crippen molar-refractivity contribution < 1.29 is 62.3 Å². The largest absolute Gasteiger partial charge is 0.451 e. The fourth-order valence-corrected chi connectivity index (χ4v) is 6.02. The smallest absolute Gasteiger partial charge is 0.333 e. The topological polar surface area (TPSA) is 154 Å². The van der Waals surface area contributed by atoms with Crippen molar-refractivity contribution in [3.8, 4) is 0 Å². The van der Waals surface area contributed by atoms with Crippen LogP contribution in [0.5, 0.6) is 0 Å². The van der Waals surface area contributed by atoms with Crippen LogP contribution in [0, 0.1) is 34.9 Å². The first kappa shape index (κ1) is 49.9. The second-order valence-electron chi connectivity index (χ2n) is 12.9. The van der Waals surface area contributed by atoms with Gasteiger partial charge in [0.15, 0.2) is 34.9 Å². The zero-order chi connectivity index (χ0) is 41.3. The van der Waals surface area contributed by atoms with Crippen LogP contribution in [0.15, 0.2) is 24.3 Å². The third kappa shape index (κ3) is 11.9. The predicted octanol–water partition coefficient (Wildman–Crippen LogP) is 5.94. The van der Waals surface area contributed by atoms with Crippen LogP contribution in [0.4, 0.5) is 52.7 Å². The molecule has 12 nitrogen and oxygen atoms in total. The molecule has 2 aromatic carbocycles. The lowest BCUT2D eigenvalue weighted by Crippen LogP contribution is -2.42. The number of hydrogen-bond acceptors (Lipinski definition) is 8. The van der Waals surface area contributed by atoms with Crippen LogP contribution in [0.25, 0.3) is 0 Å². The van der Waals surface area contributed by atoms with E-state index in [1.54, 1.807) is 0 Å². The van der Waals surface area contributed by atoms with Crippen molar-refractivity contribution in [1.29, 1.82) is 0 Å². The third-order valence-electron chi connectivity index (χ3n) is 8.74. The number of benzene rings is 2. The number of carbonyl (C=O) groups is 2. The summed E-state index contributed by atoms with van der Waals surface area (Å²) in [5.74, 6) is -10.3. The van der Waals surface area contributed by atoms with E-state index in [1.165, 1.54) is 9.80 Å². The number of rotatable bonds is 8. The molecular formula is C35H42F12N10O2. The minimum Gasteiger partial charge on any atom is -0.333 e. The van der Waals surface area contributed by atoms with Gasteiger partial charge in [0, 0.05) is 63.2 Å². The molecule has 4 heterocycles. The summed E-state index contributed by atoms with van der Waals surface area (Å²) in [7, 11) is 0. The van der Waals surface area contributed by atoms with Gasteiger partial charge >= 0.3 is 12.4 Å². The molecule has 2 aromatic heterocycles. The van der Waals surface area contributed by atoms with Gasteiger partial charge < -0.3 is 30.4 Å². The van der Waals surface area contributed by atoms with Crippen LogP contribution >= 0.6 is 0 Å². The average molecular weight is 863 g/mol. The summed E-state index contributed by atoms with van der Waals surface area (Å²) in [6.45, 7) is -0.604. The molecule has 0 fully saturated rings. The van der Waals surface area contributed by atoms with Gasteiger partial charge in [0.25, 0.3) is 0 Å². The highest BCUT2D eigenvalue weighted by atomic mass is 19.4. The summed E-state index contributed by atoms with van der Waals surface area (Å²) < 4.78 is 159. The Kier molecular flexibility index (Phi) is 16.6. The first-order chi connectivity index (χ1) is 26.1. The molecular weight excluding hydrogens is 820 g/mol. The number of carbonyl (C=O) groups excluding carboxylic acids is 2. The lowest BCUT2D eigenvalue weighted by atomic mass is 10.0.